The fourth-order valence-corrected chi connectivity index (χ4v) is 2.36. The standard InChI is InChI=1S/C17H22N2O6S/c1-12-10-23-15(18-12)19(16(20)25-17(2,3)4)14-8-6-7-13(9-14)11-24-26(5,21)22/h6-10H,11H2,1-5H3. The normalized spacial score (nSPS) is 12.0. The summed E-state index contributed by atoms with van der Waals surface area (Å²) in [6.45, 7) is 6.83. The highest BCUT2D eigenvalue weighted by molar-refractivity contribution is 7.85. The molecule has 0 saturated heterocycles. The summed E-state index contributed by atoms with van der Waals surface area (Å²) >= 11 is 0. The molecule has 142 valence electrons. The van der Waals surface area contributed by atoms with Crippen LogP contribution in [0, 0.1) is 6.92 Å². The minimum Gasteiger partial charge on any atom is -0.443 e. The van der Waals surface area contributed by atoms with E-state index in [1.807, 2.05) is 0 Å². The molecular weight excluding hydrogens is 360 g/mol. The van der Waals surface area contributed by atoms with E-state index >= 15 is 0 Å². The van der Waals surface area contributed by atoms with Crippen LogP contribution in [0.2, 0.25) is 0 Å². The number of carbonyl (C=O) groups is 1. The van der Waals surface area contributed by atoms with Gasteiger partial charge in [-0.15, -0.1) is 0 Å². The summed E-state index contributed by atoms with van der Waals surface area (Å²) in [5.74, 6) is 0. The van der Waals surface area contributed by atoms with Crippen LogP contribution in [0.25, 0.3) is 0 Å². The van der Waals surface area contributed by atoms with Crippen molar-refractivity contribution in [3.63, 3.8) is 0 Å². The number of ether oxygens (including phenoxy) is 1. The van der Waals surface area contributed by atoms with E-state index in [1.54, 1.807) is 52.0 Å². The molecule has 0 unspecified atom stereocenters. The molecule has 1 amide bonds. The van der Waals surface area contributed by atoms with Crippen molar-refractivity contribution < 1.29 is 26.5 Å². The summed E-state index contributed by atoms with van der Waals surface area (Å²) in [7, 11) is -3.58. The molecule has 26 heavy (non-hydrogen) atoms. The largest absolute Gasteiger partial charge is 0.443 e. The van der Waals surface area contributed by atoms with Gasteiger partial charge >= 0.3 is 12.1 Å². The SMILES string of the molecule is Cc1coc(N(C(=O)OC(C)(C)C)c2cccc(COS(C)(=O)=O)c2)n1. The minimum absolute atomic E-state index is 0.0536. The monoisotopic (exact) mass is 382 g/mol. The second kappa shape index (κ2) is 7.46. The van der Waals surface area contributed by atoms with Gasteiger partial charge in [-0.1, -0.05) is 12.1 Å². The molecule has 1 aromatic heterocycles. The second-order valence-electron chi connectivity index (χ2n) is 6.72. The van der Waals surface area contributed by atoms with Crippen molar-refractivity contribution in [3.05, 3.63) is 41.8 Å². The molecule has 0 N–H and O–H groups in total. The van der Waals surface area contributed by atoms with Crippen molar-refractivity contribution in [1.29, 1.82) is 0 Å². The highest BCUT2D eigenvalue weighted by Crippen LogP contribution is 2.28. The van der Waals surface area contributed by atoms with Gasteiger partial charge in [-0.05, 0) is 45.4 Å². The van der Waals surface area contributed by atoms with E-state index < -0.39 is 21.8 Å². The number of aromatic nitrogens is 1. The van der Waals surface area contributed by atoms with Crippen LogP contribution >= 0.6 is 0 Å². The van der Waals surface area contributed by atoms with E-state index in [-0.39, 0.29) is 12.6 Å². The third kappa shape index (κ3) is 5.85. The summed E-state index contributed by atoms with van der Waals surface area (Å²) in [5.41, 5.74) is 0.860. The minimum atomic E-state index is -3.58. The Morgan fingerprint density at radius 2 is 2.00 bits per heavy atom. The predicted molar refractivity (Wildman–Crippen MR) is 95.7 cm³/mol. The Morgan fingerprint density at radius 3 is 2.54 bits per heavy atom. The molecule has 0 fully saturated rings. The van der Waals surface area contributed by atoms with Crippen LogP contribution in [0.4, 0.5) is 16.5 Å². The van der Waals surface area contributed by atoms with Crippen LogP contribution in [0.15, 0.2) is 34.9 Å². The maximum atomic E-state index is 12.7. The molecular formula is C17H22N2O6S. The number of hydrogen-bond donors (Lipinski definition) is 0. The molecule has 0 aliphatic rings. The highest BCUT2D eigenvalue weighted by Gasteiger charge is 2.28. The fourth-order valence-electron chi connectivity index (χ4n) is 2.01. The number of carbonyl (C=O) groups excluding carboxylic acids is 1. The number of aryl methyl sites for hydroxylation is 1. The van der Waals surface area contributed by atoms with E-state index in [4.69, 9.17) is 13.3 Å². The first-order valence-corrected chi connectivity index (χ1v) is 9.65. The van der Waals surface area contributed by atoms with Gasteiger partial charge in [-0.25, -0.2) is 4.79 Å². The molecule has 2 rings (SSSR count). The zero-order valence-corrected chi connectivity index (χ0v) is 16.2. The number of amides is 1. The predicted octanol–water partition coefficient (Wildman–Crippen LogP) is 3.53. The molecule has 0 bridgehead atoms. The van der Waals surface area contributed by atoms with Gasteiger partial charge in [0, 0.05) is 0 Å². The Labute approximate surface area is 152 Å². The number of oxazole rings is 1. The Kier molecular flexibility index (Phi) is 5.72. The maximum absolute atomic E-state index is 12.7. The van der Waals surface area contributed by atoms with Crippen molar-refractivity contribution in [2.75, 3.05) is 11.2 Å². The molecule has 0 spiro atoms. The third-order valence-corrected chi connectivity index (χ3v) is 3.53. The lowest BCUT2D eigenvalue weighted by Gasteiger charge is -2.25. The summed E-state index contributed by atoms with van der Waals surface area (Å²) in [5, 5.41) is 0. The lowest BCUT2D eigenvalue weighted by Crippen LogP contribution is -2.34. The van der Waals surface area contributed by atoms with Gasteiger partial charge in [0.1, 0.15) is 11.9 Å². The Morgan fingerprint density at radius 1 is 1.31 bits per heavy atom. The van der Waals surface area contributed by atoms with Crippen LogP contribution in [0.5, 0.6) is 0 Å². The molecule has 9 heteroatoms. The number of anilines is 2. The first-order valence-electron chi connectivity index (χ1n) is 7.83. The highest BCUT2D eigenvalue weighted by atomic mass is 32.2. The summed E-state index contributed by atoms with van der Waals surface area (Å²) in [6.07, 6.45) is 1.73. The Hall–Kier alpha value is -2.39. The van der Waals surface area contributed by atoms with Crippen molar-refractivity contribution in [3.8, 4) is 0 Å². The average Bonchev–Trinajstić information content (AvgIpc) is 2.89. The van der Waals surface area contributed by atoms with Crippen LogP contribution in [-0.4, -0.2) is 31.4 Å². The summed E-state index contributed by atoms with van der Waals surface area (Å²) in [4.78, 5) is 18.0. The lowest BCUT2D eigenvalue weighted by molar-refractivity contribution is 0.0592. The van der Waals surface area contributed by atoms with Crippen molar-refractivity contribution in [2.24, 2.45) is 0 Å². The summed E-state index contributed by atoms with van der Waals surface area (Å²) < 4.78 is 38.0. The first-order chi connectivity index (χ1) is 11.9. The van der Waals surface area contributed by atoms with Crippen LogP contribution in [0.1, 0.15) is 32.0 Å². The zero-order valence-electron chi connectivity index (χ0n) is 15.3. The smallest absolute Gasteiger partial charge is 0.423 e. The quantitative estimate of drug-likeness (QED) is 0.729. The van der Waals surface area contributed by atoms with E-state index in [2.05, 4.69) is 4.98 Å². The Bertz CT molecular complexity index is 883. The average molecular weight is 382 g/mol. The van der Waals surface area contributed by atoms with Gasteiger partial charge in [0.05, 0.1) is 24.2 Å². The Balaban J connectivity index is 2.37. The van der Waals surface area contributed by atoms with E-state index in [9.17, 15) is 13.2 Å². The van der Waals surface area contributed by atoms with Gasteiger partial charge in [0.15, 0.2) is 0 Å². The van der Waals surface area contributed by atoms with E-state index in [0.29, 0.717) is 16.9 Å². The van der Waals surface area contributed by atoms with Crippen molar-refractivity contribution in [1.82, 2.24) is 4.98 Å². The molecule has 1 aromatic carbocycles. The van der Waals surface area contributed by atoms with Crippen molar-refractivity contribution in [2.45, 2.75) is 39.9 Å². The fraction of sp³-hybridized carbons (Fsp3) is 0.412. The van der Waals surface area contributed by atoms with Crippen LogP contribution in [-0.2, 0) is 25.6 Å². The number of rotatable bonds is 5. The number of hydrogen-bond acceptors (Lipinski definition) is 7. The van der Waals surface area contributed by atoms with Gasteiger partial charge < -0.3 is 9.15 Å². The molecule has 8 nitrogen and oxygen atoms in total. The second-order valence-corrected chi connectivity index (χ2v) is 8.37. The molecule has 0 atom stereocenters. The van der Waals surface area contributed by atoms with Crippen LogP contribution in [0.3, 0.4) is 0 Å². The molecule has 0 aliphatic carbocycles. The van der Waals surface area contributed by atoms with Crippen molar-refractivity contribution >= 4 is 27.9 Å². The van der Waals surface area contributed by atoms with Gasteiger partial charge in [0.25, 0.3) is 10.1 Å². The number of nitrogens with zero attached hydrogens (tertiary/aromatic N) is 2. The van der Waals surface area contributed by atoms with Crippen LogP contribution < -0.4 is 4.90 Å². The first kappa shape index (κ1) is 19.9. The number of benzene rings is 1. The van der Waals surface area contributed by atoms with Gasteiger partial charge in [0.2, 0.25) is 0 Å². The third-order valence-electron chi connectivity index (χ3n) is 2.98. The zero-order chi connectivity index (χ0) is 19.5. The van der Waals surface area contributed by atoms with E-state index in [0.717, 1.165) is 6.26 Å². The molecule has 0 radical (unpaired) electrons. The molecule has 0 saturated carbocycles. The molecule has 0 aliphatic heterocycles. The molecule has 2 aromatic rings. The van der Waals surface area contributed by atoms with Gasteiger partial charge in [-0.2, -0.15) is 18.3 Å². The molecule has 1 heterocycles. The van der Waals surface area contributed by atoms with Gasteiger partial charge in [-0.3, -0.25) is 4.18 Å². The van der Waals surface area contributed by atoms with E-state index in [1.165, 1.54) is 11.2 Å². The topological polar surface area (TPSA) is 98.9 Å². The lowest BCUT2D eigenvalue weighted by atomic mass is 10.2. The summed E-state index contributed by atoms with van der Waals surface area (Å²) in [6, 6.07) is 6.67. The maximum Gasteiger partial charge on any atom is 0.423 e.